The highest BCUT2D eigenvalue weighted by atomic mass is 19.1. The van der Waals surface area contributed by atoms with Gasteiger partial charge in [0.25, 0.3) is 0 Å². The van der Waals surface area contributed by atoms with Crippen LogP contribution in [0.5, 0.6) is 5.75 Å². The van der Waals surface area contributed by atoms with Crippen molar-refractivity contribution in [3.8, 4) is 5.75 Å². The minimum absolute atomic E-state index is 0.0978. The van der Waals surface area contributed by atoms with Gasteiger partial charge in [-0.2, -0.15) is 0 Å². The summed E-state index contributed by atoms with van der Waals surface area (Å²) in [5.41, 5.74) is 0.594. The first-order valence-corrected chi connectivity index (χ1v) is 6.05. The number of hydrogen-bond acceptors (Lipinski definition) is 3. The van der Waals surface area contributed by atoms with Crippen LogP contribution in [0.25, 0.3) is 0 Å². The van der Waals surface area contributed by atoms with Gasteiger partial charge in [-0.25, -0.2) is 4.39 Å². The standard InChI is InChI=1S/C13H18FNO2/c14-10-5-9(6-12(17)7-10)13(8-16)15-11-3-1-2-4-11/h5-7,11,13,15-17H,1-4,8H2. The summed E-state index contributed by atoms with van der Waals surface area (Å²) in [5, 5.41) is 22.0. The maximum Gasteiger partial charge on any atom is 0.127 e. The Morgan fingerprint density at radius 2 is 2.00 bits per heavy atom. The number of benzene rings is 1. The second-order valence-corrected chi connectivity index (χ2v) is 4.63. The van der Waals surface area contributed by atoms with Gasteiger partial charge in [-0.05, 0) is 30.5 Å². The van der Waals surface area contributed by atoms with E-state index in [9.17, 15) is 14.6 Å². The smallest absolute Gasteiger partial charge is 0.127 e. The number of rotatable bonds is 4. The first kappa shape index (κ1) is 12.3. The van der Waals surface area contributed by atoms with Crippen molar-refractivity contribution in [1.29, 1.82) is 0 Å². The largest absolute Gasteiger partial charge is 0.508 e. The van der Waals surface area contributed by atoms with Crippen molar-refractivity contribution >= 4 is 0 Å². The highest BCUT2D eigenvalue weighted by Crippen LogP contribution is 2.24. The van der Waals surface area contributed by atoms with E-state index in [1.54, 1.807) is 0 Å². The van der Waals surface area contributed by atoms with E-state index < -0.39 is 5.82 Å². The minimum Gasteiger partial charge on any atom is -0.508 e. The third-order valence-electron chi connectivity index (χ3n) is 3.28. The molecule has 1 atom stereocenters. The Hall–Kier alpha value is -1.13. The lowest BCUT2D eigenvalue weighted by atomic mass is 10.1. The summed E-state index contributed by atoms with van der Waals surface area (Å²) in [7, 11) is 0. The topological polar surface area (TPSA) is 52.5 Å². The van der Waals surface area contributed by atoms with Gasteiger partial charge in [-0.1, -0.05) is 12.8 Å². The molecule has 1 aliphatic rings. The Morgan fingerprint density at radius 1 is 1.29 bits per heavy atom. The van der Waals surface area contributed by atoms with Gasteiger partial charge < -0.3 is 15.5 Å². The number of hydrogen-bond donors (Lipinski definition) is 3. The van der Waals surface area contributed by atoms with Crippen molar-refractivity contribution < 1.29 is 14.6 Å². The number of nitrogens with one attached hydrogen (secondary N) is 1. The number of phenolic OH excluding ortho intramolecular Hbond substituents is 1. The van der Waals surface area contributed by atoms with Crippen LogP contribution in [0, 0.1) is 5.82 Å². The van der Waals surface area contributed by atoms with Crippen LogP contribution >= 0.6 is 0 Å². The van der Waals surface area contributed by atoms with Gasteiger partial charge in [0.05, 0.1) is 12.6 Å². The SMILES string of the molecule is OCC(NC1CCCC1)c1cc(O)cc(F)c1. The summed E-state index contributed by atoms with van der Waals surface area (Å²) in [6.45, 7) is -0.0978. The minimum atomic E-state index is -0.480. The molecule has 0 saturated heterocycles. The monoisotopic (exact) mass is 239 g/mol. The van der Waals surface area contributed by atoms with Crippen molar-refractivity contribution in [2.45, 2.75) is 37.8 Å². The lowest BCUT2D eigenvalue weighted by Crippen LogP contribution is -2.32. The molecule has 1 unspecified atom stereocenters. The highest BCUT2D eigenvalue weighted by Gasteiger charge is 2.20. The van der Waals surface area contributed by atoms with E-state index in [0.29, 0.717) is 11.6 Å². The van der Waals surface area contributed by atoms with E-state index in [0.717, 1.165) is 18.9 Å². The van der Waals surface area contributed by atoms with Gasteiger partial charge >= 0.3 is 0 Å². The predicted octanol–water partition coefficient (Wildman–Crippen LogP) is 2.10. The molecule has 1 fully saturated rings. The summed E-state index contributed by atoms with van der Waals surface area (Å²) in [6, 6.07) is 3.99. The van der Waals surface area contributed by atoms with Crippen LogP contribution in [0.2, 0.25) is 0 Å². The Balaban J connectivity index is 2.10. The Labute approximate surface area is 100 Å². The lowest BCUT2D eigenvalue weighted by molar-refractivity contribution is 0.232. The van der Waals surface area contributed by atoms with Gasteiger partial charge in [0.1, 0.15) is 11.6 Å². The fourth-order valence-electron chi connectivity index (χ4n) is 2.43. The van der Waals surface area contributed by atoms with Crippen molar-refractivity contribution in [2.24, 2.45) is 0 Å². The van der Waals surface area contributed by atoms with Crippen LogP contribution in [0.1, 0.15) is 37.3 Å². The van der Waals surface area contributed by atoms with E-state index in [2.05, 4.69) is 5.32 Å². The summed E-state index contributed by atoms with van der Waals surface area (Å²) in [4.78, 5) is 0. The molecule has 0 bridgehead atoms. The summed E-state index contributed by atoms with van der Waals surface area (Å²) >= 11 is 0. The van der Waals surface area contributed by atoms with E-state index in [1.165, 1.54) is 25.0 Å². The molecule has 17 heavy (non-hydrogen) atoms. The van der Waals surface area contributed by atoms with Crippen LogP contribution in [-0.4, -0.2) is 22.9 Å². The first-order valence-electron chi connectivity index (χ1n) is 6.05. The van der Waals surface area contributed by atoms with Crippen LogP contribution in [0.3, 0.4) is 0 Å². The molecule has 1 aliphatic carbocycles. The van der Waals surface area contributed by atoms with Crippen LogP contribution in [0.4, 0.5) is 4.39 Å². The molecule has 0 aliphatic heterocycles. The molecule has 2 rings (SSSR count). The second-order valence-electron chi connectivity index (χ2n) is 4.63. The van der Waals surface area contributed by atoms with Crippen LogP contribution in [0.15, 0.2) is 18.2 Å². The fourth-order valence-corrected chi connectivity index (χ4v) is 2.43. The van der Waals surface area contributed by atoms with E-state index >= 15 is 0 Å². The third-order valence-corrected chi connectivity index (χ3v) is 3.28. The first-order chi connectivity index (χ1) is 8.19. The van der Waals surface area contributed by atoms with E-state index in [4.69, 9.17) is 0 Å². The fraction of sp³-hybridized carbons (Fsp3) is 0.538. The number of aliphatic hydroxyl groups excluding tert-OH is 1. The Bertz CT molecular complexity index is 357. The molecule has 3 N–H and O–H groups in total. The molecule has 0 amide bonds. The van der Waals surface area contributed by atoms with Gasteiger partial charge in [-0.15, -0.1) is 0 Å². The van der Waals surface area contributed by atoms with Crippen molar-refractivity contribution in [3.63, 3.8) is 0 Å². The second kappa shape index (κ2) is 5.47. The zero-order valence-electron chi connectivity index (χ0n) is 9.69. The molecule has 0 radical (unpaired) electrons. The zero-order chi connectivity index (χ0) is 12.3. The molecule has 1 saturated carbocycles. The number of phenols is 1. The van der Waals surface area contributed by atoms with E-state index in [1.807, 2.05) is 0 Å². The maximum atomic E-state index is 13.2. The van der Waals surface area contributed by atoms with Crippen molar-refractivity contribution in [1.82, 2.24) is 5.32 Å². The molecule has 1 aromatic rings. The van der Waals surface area contributed by atoms with Crippen LogP contribution in [-0.2, 0) is 0 Å². The molecule has 0 heterocycles. The zero-order valence-corrected chi connectivity index (χ0v) is 9.69. The molecule has 3 nitrogen and oxygen atoms in total. The van der Waals surface area contributed by atoms with Gasteiger partial charge in [0.15, 0.2) is 0 Å². The Morgan fingerprint density at radius 3 is 2.59 bits per heavy atom. The molecule has 1 aromatic carbocycles. The molecule has 4 heteroatoms. The quantitative estimate of drug-likeness (QED) is 0.754. The van der Waals surface area contributed by atoms with Crippen molar-refractivity contribution in [2.75, 3.05) is 6.61 Å². The van der Waals surface area contributed by atoms with Gasteiger partial charge in [0, 0.05) is 12.1 Å². The van der Waals surface area contributed by atoms with Gasteiger partial charge in [-0.3, -0.25) is 0 Å². The van der Waals surface area contributed by atoms with Gasteiger partial charge in [0.2, 0.25) is 0 Å². The number of halogens is 1. The predicted molar refractivity (Wildman–Crippen MR) is 63.3 cm³/mol. The number of aliphatic hydroxyl groups is 1. The highest BCUT2D eigenvalue weighted by molar-refractivity contribution is 5.30. The third kappa shape index (κ3) is 3.17. The maximum absolute atomic E-state index is 13.2. The molecular formula is C13H18FNO2. The summed E-state index contributed by atoms with van der Waals surface area (Å²) < 4.78 is 13.2. The summed E-state index contributed by atoms with van der Waals surface area (Å²) in [5.74, 6) is -0.585. The molecule has 0 spiro atoms. The Kier molecular flexibility index (Phi) is 3.97. The summed E-state index contributed by atoms with van der Waals surface area (Å²) in [6.07, 6.45) is 4.59. The van der Waals surface area contributed by atoms with Crippen molar-refractivity contribution in [3.05, 3.63) is 29.6 Å². The van der Waals surface area contributed by atoms with Crippen LogP contribution < -0.4 is 5.32 Å². The number of aromatic hydroxyl groups is 1. The lowest BCUT2D eigenvalue weighted by Gasteiger charge is -2.21. The average molecular weight is 239 g/mol. The molecule has 0 aromatic heterocycles. The normalized spacial score (nSPS) is 18.5. The molecular weight excluding hydrogens is 221 g/mol. The van der Waals surface area contributed by atoms with E-state index in [-0.39, 0.29) is 18.4 Å². The molecule has 94 valence electrons. The average Bonchev–Trinajstić information content (AvgIpc) is 2.77.